The molecule has 0 aliphatic rings. The smallest absolute Gasteiger partial charge is 0.225 e. The second-order valence-corrected chi connectivity index (χ2v) is 6.09. The minimum Gasteiger partial charge on any atom is -0.385 e. The zero-order chi connectivity index (χ0) is 18.2. The zero-order valence-corrected chi connectivity index (χ0v) is 15.2. The number of aryl methyl sites for hydroxylation is 1. The maximum Gasteiger partial charge on any atom is 0.225 e. The van der Waals surface area contributed by atoms with Crippen LogP contribution in [0.25, 0.3) is 11.3 Å². The molecule has 0 fully saturated rings. The Kier molecular flexibility index (Phi) is 6.17. The summed E-state index contributed by atoms with van der Waals surface area (Å²) >= 11 is 0. The third kappa shape index (κ3) is 5.04. The fraction of sp³-hybridized carbons (Fsp3) is 0.238. The van der Waals surface area contributed by atoms with Crippen LogP contribution in [0.5, 0.6) is 0 Å². The summed E-state index contributed by atoms with van der Waals surface area (Å²) in [5.41, 5.74) is 4.16. The maximum atomic E-state index is 5.09. The van der Waals surface area contributed by atoms with Gasteiger partial charge in [0.05, 0.1) is 5.69 Å². The number of benzene rings is 2. The number of nitrogens with one attached hydrogen (secondary N) is 2. The summed E-state index contributed by atoms with van der Waals surface area (Å²) in [7, 11) is 1.70. The Morgan fingerprint density at radius 1 is 0.962 bits per heavy atom. The molecule has 2 aromatic carbocycles. The molecule has 0 aliphatic heterocycles. The molecule has 3 aromatic rings. The highest BCUT2D eigenvalue weighted by Gasteiger charge is 2.07. The Morgan fingerprint density at radius 3 is 2.46 bits per heavy atom. The molecule has 0 atom stereocenters. The summed E-state index contributed by atoms with van der Waals surface area (Å²) in [4.78, 5) is 9.25. The van der Waals surface area contributed by atoms with Gasteiger partial charge >= 0.3 is 0 Å². The van der Waals surface area contributed by atoms with Crippen LogP contribution in [0.4, 0.5) is 17.5 Å². The lowest BCUT2D eigenvalue weighted by Crippen LogP contribution is -2.09. The van der Waals surface area contributed by atoms with Crippen molar-refractivity contribution in [1.29, 1.82) is 0 Å². The Labute approximate surface area is 154 Å². The van der Waals surface area contributed by atoms with Gasteiger partial charge in [0, 0.05) is 37.6 Å². The van der Waals surface area contributed by atoms with Gasteiger partial charge in [-0.25, -0.2) is 4.98 Å². The lowest BCUT2D eigenvalue weighted by atomic mass is 10.1. The van der Waals surface area contributed by atoms with E-state index < -0.39 is 0 Å². The van der Waals surface area contributed by atoms with Crippen molar-refractivity contribution in [3.63, 3.8) is 0 Å². The number of ether oxygens (including phenoxy) is 1. The Hall–Kier alpha value is -2.92. The summed E-state index contributed by atoms with van der Waals surface area (Å²) < 4.78 is 5.09. The number of aromatic nitrogens is 2. The molecule has 134 valence electrons. The van der Waals surface area contributed by atoms with E-state index >= 15 is 0 Å². The molecule has 3 rings (SSSR count). The number of anilines is 3. The van der Waals surface area contributed by atoms with Crippen LogP contribution < -0.4 is 10.6 Å². The standard InChI is InChI=1S/C21H24N4O/c1-16-9-11-18(12-10-16)23-20-15-19(17-7-4-3-5-8-17)24-21(25-20)22-13-6-14-26-2/h3-5,7-12,15H,6,13-14H2,1-2H3,(H2,22,23,24,25). The Bertz CT molecular complexity index is 819. The summed E-state index contributed by atoms with van der Waals surface area (Å²) in [5, 5.41) is 6.65. The second kappa shape index (κ2) is 8.97. The Balaban J connectivity index is 1.85. The van der Waals surface area contributed by atoms with E-state index in [2.05, 4.69) is 39.7 Å². The molecule has 0 aliphatic carbocycles. The van der Waals surface area contributed by atoms with Crippen LogP contribution >= 0.6 is 0 Å². The van der Waals surface area contributed by atoms with Crippen LogP contribution in [0.3, 0.4) is 0 Å². The van der Waals surface area contributed by atoms with E-state index in [0.29, 0.717) is 12.6 Å². The van der Waals surface area contributed by atoms with Gasteiger partial charge in [-0.1, -0.05) is 48.0 Å². The topological polar surface area (TPSA) is 59.1 Å². The van der Waals surface area contributed by atoms with Crippen LogP contribution in [0, 0.1) is 6.92 Å². The van der Waals surface area contributed by atoms with Crippen molar-refractivity contribution in [2.24, 2.45) is 0 Å². The third-order valence-corrected chi connectivity index (χ3v) is 3.93. The van der Waals surface area contributed by atoms with Crippen LogP contribution in [-0.2, 0) is 4.74 Å². The molecule has 5 nitrogen and oxygen atoms in total. The van der Waals surface area contributed by atoms with Gasteiger partial charge in [0.1, 0.15) is 5.82 Å². The molecule has 0 unspecified atom stereocenters. The highest BCUT2D eigenvalue weighted by Crippen LogP contribution is 2.23. The minimum atomic E-state index is 0.608. The zero-order valence-electron chi connectivity index (χ0n) is 15.2. The predicted octanol–water partition coefficient (Wildman–Crippen LogP) is 4.64. The van der Waals surface area contributed by atoms with E-state index in [-0.39, 0.29) is 0 Å². The van der Waals surface area contributed by atoms with Crippen molar-refractivity contribution in [3.05, 3.63) is 66.2 Å². The number of rotatable bonds is 8. The largest absolute Gasteiger partial charge is 0.385 e. The highest BCUT2D eigenvalue weighted by molar-refractivity contribution is 5.67. The average Bonchev–Trinajstić information content (AvgIpc) is 2.68. The molecular weight excluding hydrogens is 324 g/mol. The van der Waals surface area contributed by atoms with Crippen molar-refractivity contribution in [2.45, 2.75) is 13.3 Å². The van der Waals surface area contributed by atoms with E-state index in [4.69, 9.17) is 4.74 Å². The van der Waals surface area contributed by atoms with Crippen LogP contribution in [0.2, 0.25) is 0 Å². The SMILES string of the molecule is COCCCNc1nc(Nc2ccc(C)cc2)cc(-c2ccccc2)n1. The lowest BCUT2D eigenvalue weighted by molar-refractivity contribution is 0.197. The van der Waals surface area contributed by atoms with Crippen LogP contribution in [0.1, 0.15) is 12.0 Å². The molecule has 2 N–H and O–H groups in total. The number of nitrogens with zero attached hydrogens (tertiary/aromatic N) is 2. The molecule has 0 radical (unpaired) electrons. The summed E-state index contributed by atoms with van der Waals surface area (Å²) in [6.45, 7) is 3.54. The van der Waals surface area contributed by atoms with Gasteiger partial charge in [-0.2, -0.15) is 4.98 Å². The van der Waals surface area contributed by atoms with Gasteiger partial charge in [-0.3, -0.25) is 0 Å². The fourth-order valence-corrected chi connectivity index (χ4v) is 2.55. The summed E-state index contributed by atoms with van der Waals surface area (Å²) in [6.07, 6.45) is 0.899. The summed E-state index contributed by atoms with van der Waals surface area (Å²) in [6, 6.07) is 20.3. The quantitative estimate of drug-likeness (QED) is 0.581. The predicted molar refractivity (Wildman–Crippen MR) is 107 cm³/mol. The first-order valence-electron chi connectivity index (χ1n) is 8.75. The maximum absolute atomic E-state index is 5.09. The second-order valence-electron chi connectivity index (χ2n) is 6.09. The van der Waals surface area contributed by atoms with E-state index in [0.717, 1.165) is 35.7 Å². The molecule has 0 amide bonds. The molecule has 5 heteroatoms. The number of hydrogen-bond donors (Lipinski definition) is 2. The van der Waals surface area contributed by atoms with E-state index in [1.54, 1.807) is 7.11 Å². The molecule has 0 bridgehead atoms. The first kappa shape index (κ1) is 17.9. The van der Waals surface area contributed by atoms with Crippen molar-refractivity contribution in [2.75, 3.05) is 30.9 Å². The molecule has 1 aromatic heterocycles. The van der Waals surface area contributed by atoms with E-state index in [1.165, 1.54) is 5.56 Å². The molecule has 0 spiro atoms. The lowest BCUT2D eigenvalue weighted by Gasteiger charge is -2.12. The third-order valence-electron chi connectivity index (χ3n) is 3.93. The number of hydrogen-bond acceptors (Lipinski definition) is 5. The van der Waals surface area contributed by atoms with Crippen molar-refractivity contribution >= 4 is 17.5 Å². The molecule has 26 heavy (non-hydrogen) atoms. The Morgan fingerprint density at radius 2 is 1.73 bits per heavy atom. The van der Waals surface area contributed by atoms with Crippen LogP contribution in [-0.4, -0.2) is 30.2 Å². The monoisotopic (exact) mass is 348 g/mol. The minimum absolute atomic E-state index is 0.608. The average molecular weight is 348 g/mol. The number of methoxy groups -OCH3 is 1. The fourth-order valence-electron chi connectivity index (χ4n) is 2.55. The highest BCUT2D eigenvalue weighted by atomic mass is 16.5. The van der Waals surface area contributed by atoms with Crippen molar-refractivity contribution < 1.29 is 4.74 Å². The van der Waals surface area contributed by atoms with Gasteiger partial charge < -0.3 is 15.4 Å². The van der Waals surface area contributed by atoms with Gasteiger partial charge in [0.15, 0.2) is 0 Å². The van der Waals surface area contributed by atoms with Gasteiger partial charge in [0.2, 0.25) is 5.95 Å². The van der Waals surface area contributed by atoms with Crippen molar-refractivity contribution in [3.8, 4) is 11.3 Å². The van der Waals surface area contributed by atoms with Crippen LogP contribution in [0.15, 0.2) is 60.7 Å². The van der Waals surface area contributed by atoms with Gasteiger partial charge in [-0.05, 0) is 25.5 Å². The molecule has 0 saturated heterocycles. The first-order valence-corrected chi connectivity index (χ1v) is 8.75. The van der Waals surface area contributed by atoms with Gasteiger partial charge in [0.25, 0.3) is 0 Å². The molecule has 1 heterocycles. The first-order chi connectivity index (χ1) is 12.7. The van der Waals surface area contributed by atoms with E-state index in [1.807, 2.05) is 48.5 Å². The van der Waals surface area contributed by atoms with Gasteiger partial charge in [-0.15, -0.1) is 0 Å². The molecular formula is C21H24N4O. The normalized spacial score (nSPS) is 10.5. The molecule has 0 saturated carbocycles. The summed E-state index contributed by atoms with van der Waals surface area (Å²) in [5.74, 6) is 1.37. The van der Waals surface area contributed by atoms with E-state index in [9.17, 15) is 0 Å². The van der Waals surface area contributed by atoms with Crippen molar-refractivity contribution in [1.82, 2.24) is 9.97 Å².